The van der Waals surface area contributed by atoms with E-state index < -0.39 is 46.0 Å². The first-order chi connectivity index (χ1) is 16.8. The Labute approximate surface area is 203 Å². The molecular weight excluding hydrogens is 478 g/mol. The van der Waals surface area contributed by atoms with Crippen LogP contribution in [0.3, 0.4) is 0 Å². The largest absolute Gasteiger partial charge is 0.507 e. The van der Waals surface area contributed by atoms with Crippen molar-refractivity contribution in [3.05, 3.63) is 94.2 Å². The first kappa shape index (κ1) is 23.9. The highest BCUT2D eigenvalue weighted by Gasteiger charge is 2.48. The fourth-order valence-corrected chi connectivity index (χ4v) is 5.07. The lowest BCUT2D eigenvalue weighted by Crippen LogP contribution is -2.43. The minimum Gasteiger partial charge on any atom is -0.507 e. The SMILES string of the molecule is CC1(C)COC(C)(c2ccc(C(=O)O)cc2F)c2c1n(-c1ccc(F)c(F)c1)c1cc(F)cc(O)c21. The summed E-state index contributed by atoms with van der Waals surface area (Å²) >= 11 is 0. The zero-order valence-electron chi connectivity index (χ0n) is 19.5. The summed E-state index contributed by atoms with van der Waals surface area (Å²) in [5.41, 5.74) is -1.52. The van der Waals surface area contributed by atoms with Crippen molar-refractivity contribution >= 4 is 16.9 Å². The number of hydrogen-bond donors (Lipinski definition) is 2. The molecule has 3 aromatic carbocycles. The summed E-state index contributed by atoms with van der Waals surface area (Å²) in [6.07, 6.45) is 0. The summed E-state index contributed by atoms with van der Waals surface area (Å²) in [5.74, 6) is -5.55. The average molecular weight is 499 g/mol. The number of ether oxygens (including phenoxy) is 1. The molecule has 186 valence electrons. The van der Waals surface area contributed by atoms with Gasteiger partial charge < -0.3 is 19.5 Å². The lowest BCUT2D eigenvalue weighted by molar-refractivity contribution is -0.0456. The Morgan fingerprint density at radius 1 is 0.944 bits per heavy atom. The van der Waals surface area contributed by atoms with Crippen LogP contribution in [-0.2, 0) is 15.8 Å². The topological polar surface area (TPSA) is 71.7 Å². The Hall–Kier alpha value is -3.85. The van der Waals surface area contributed by atoms with Crippen molar-refractivity contribution in [2.45, 2.75) is 31.8 Å². The molecule has 36 heavy (non-hydrogen) atoms. The third kappa shape index (κ3) is 3.37. The molecule has 9 heteroatoms. The summed E-state index contributed by atoms with van der Waals surface area (Å²) in [5, 5.41) is 20.3. The standard InChI is InChI=1S/C27H21F4NO4/c1-26(2)12-36-27(3,16-6-4-13(25(34)35)8-18(16)30)23-22-20(9-14(28)10-21(22)33)32(24(23)26)15-5-7-17(29)19(31)11-15/h4-11,33H,12H2,1-3H3,(H,34,35). The van der Waals surface area contributed by atoms with Gasteiger partial charge in [0.2, 0.25) is 0 Å². The van der Waals surface area contributed by atoms with Crippen LogP contribution in [-0.4, -0.2) is 27.4 Å². The van der Waals surface area contributed by atoms with E-state index in [2.05, 4.69) is 0 Å². The third-order valence-electron chi connectivity index (χ3n) is 6.74. The summed E-state index contributed by atoms with van der Waals surface area (Å²) < 4.78 is 65.7. The number of phenolic OH excluding ortho intramolecular Hbond substituents is 1. The number of benzene rings is 3. The van der Waals surface area contributed by atoms with Gasteiger partial charge in [-0.1, -0.05) is 19.9 Å². The van der Waals surface area contributed by atoms with E-state index in [1.165, 1.54) is 22.8 Å². The molecule has 0 radical (unpaired) electrons. The number of carboxylic acids is 1. The van der Waals surface area contributed by atoms with Crippen molar-refractivity contribution in [2.75, 3.05) is 6.61 Å². The second-order valence-electron chi connectivity index (χ2n) is 9.68. The van der Waals surface area contributed by atoms with E-state index in [4.69, 9.17) is 4.74 Å². The Kier molecular flexibility index (Phi) is 5.19. The number of fused-ring (bicyclic) bond motifs is 3. The quantitative estimate of drug-likeness (QED) is 0.331. The van der Waals surface area contributed by atoms with Gasteiger partial charge in [-0.3, -0.25) is 0 Å². The van der Waals surface area contributed by atoms with Gasteiger partial charge >= 0.3 is 5.97 Å². The molecule has 0 saturated heterocycles. The summed E-state index contributed by atoms with van der Waals surface area (Å²) in [7, 11) is 0. The van der Waals surface area contributed by atoms with E-state index in [0.717, 1.165) is 30.3 Å². The van der Waals surface area contributed by atoms with Gasteiger partial charge in [-0.05, 0) is 37.3 Å². The van der Waals surface area contributed by atoms with Crippen LogP contribution in [0.4, 0.5) is 17.6 Å². The third-order valence-corrected chi connectivity index (χ3v) is 6.74. The second kappa shape index (κ2) is 7.83. The number of halogens is 4. The summed E-state index contributed by atoms with van der Waals surface area (Å²) in [6.45, 7) is 5.24. The molecule has 0 fully saturated rings. The number of aromatic carboxylic acids is 1. The maximum absolute atomic E-state index is 15.4. The van der Waals surface area contributed by atoms with E-state index in [1.54, 1.807) is 6.92 Å². The second-order valence-corrected chi connectivity index (χ2v) is 9.68. The Morgan fingerprint density at radius 3 is 2.31 bits per heavy atom. The van der Waals surface area contributed by atoms with E-state index >= 15 is 4.39 Å². The lowest BCUT2D eigenvalue weighted by Gasteiger charge is -2.43. The number of nitrogens with zero attached hydrogens (tertiary/aromatic N) is 1. The van der Waals surface area contributed by atoms with Crippen LogP contribution in [0.15, 0.2) is 48.5 Å². The predicted molar refractivity (Wildman–Crippen MR) is 124 cm³/mol. The molecule has 1 unspecified atom stereocenters. The zero-order chi connectivity index (χ0) is 26.2. The van der Waals surface area contributed by atoms with Crippen LogP contribution < -0.4 is 0 Å². The predicted octanol–water partition coefficient (Wildman–Crippen LogP) is 6.16. The Morgan fingerprint density at radius 2 is 1.67 bits per heavy atom. The minimum absolute atomic E-state index is 0.00249. The molecule has 2 N–H and O–H groups in total. The molecule has 0 saturated carbocycles. The molecule has 4 aromatic rings. The molecule has 0 aliphatic carbocycles. The molecule has 1 aliphatic rings. The number of hydrogen-bond acceptors (Lipinski definition) is 3. The average Bonchev–Trinajstić information content (AvgIpc) is 3.16. The molecule has 1 atom stereocenters. The van der Waals surface area contributed by atoms with Crippen molar-refractivity contribution < 1.29 is 37.3 Å². The monoisotopic (exact) mass is 499 g/mol. The molecule has 5 rings (SSSR count). The van der Waals surface area contributed by atoms with Gasteiger partial charge in [0, 0.05) is 45.4 Å². The first-order valence-corrected chi connectivity index (χ1v) is 11.1. The van der Waals surface area contributed by atoms with Crippen LogP contribution >= 0.6 is 0 Å². The van der Waals surface area contributed by atoms with Crippen molar-refractivity contribution in [3.8, 4) is 11.4 Å². The Bertz CT molecular complexity index is 1580. The van der Waals surface area contributed by atoms with Crippen molar-refractivity contribution in [1.29, 1.82) is 0 Å². The molecular formula is C27H21F4NO4. The highest BCUT2D eigenvalue weighted by molar-refractivity contribution is 5.94. The smallest absolute Gasteiger partial charge is 0.335 e. The van der Waals surface area contributed by atoms with Gasteiger partial charge in [0.1, 0.15) is 23.0 Å². The number of aromatic hydroxyl groups is 1. The summed E-state index contributed by atoms with van der Waals surface area (Å²) in [4.78, 5) is 11.3. The number of carboxylic acid groups (broad SMARTS) is 1. The van der Waals surface area contributed by atoms with Gasteiger partial charge in [0.15, 0.2) is 11.6 Å². The molecule has 5 nitrogen and oxygen atoms in total. The number of aromatic nitrogens is 1. The number of carbonyl (C=O) groups is 1. The van der Waals surface area contributed by atoms with Crippen LogP contribution in [0.25, 0.3) is 16.6 Å². The van der Waals surface area contributed by atoms with Crippen LogP contribution in [0.1, 0.15) is 48.0 Å². The van der Waals surface area contributed by atoms with E-state index in [9.17, 15) is 28.2 Å². The maximum Gasteiger partial charge on any atom is 0.335 e. The fraction of sp³-hybridized carbons (Fsp3) is 0.222. The van der Waals surface area contributed by atoms with Gasteiger partial charge in [0.05, 0.1) is 17.7 Å². The maximum atomic E-state index is 15.4. The van der Waals surface area contributed by atoms with Crippen molar-refractivity contribution in [3.63, 3.8) is 0 Å². The van der Waals surface area contributed by atoms with Gasteiger partial charge in [-0.25, -0.2) is 22.4 Å². The molecule has 2 heterocycles. The molecule has 1 aliphatic heterocycles. The van der Waals surface area contributed by atoms with Gasteiger partial charge in [-0.2, -0.15) is 0 Å². The number of phenols is 1. The lowest BCUT2D eigenvalue weighted by atomic mass is 9.75. The molecule has 0 amide bonds. The molecule has 0 spiro atoms. The van der Waals surface area contributed by atoms with Gasteiger partial charge in [-0.15, -0.1) is 0 Å². The van der Waals surface area contributed by atoms with E-state index in [0.29, 0.717) is 11.3 Å². The molecule has 0 bridgehead atoms. The normalized spacial score (nSPS) is 18.9. The van der Waals surface area contributed by atoms with E-state index in [1.807, 2.05) is 13.8 Å². The van der Waals surface area contributed by atoms with Crippen LogP contribution in [0.2, 0.25) is 0 Å². The number of rotatable bonds is 3. The zero-order valence-corrected chi connectivity index (χ0v) is 19.5. The van der Waals surface area contributed by atoms with Crippen molar-refractivity contribution in [1.82, 2.24) is 4.57 Å². The fourth-order valence-electron chi connectivity index (χ4n) is 5.07. The highest BCUT2D eigenvalue weighted by Crippen LogP contribution is 2.52. The molecule has 1 aromatic heterocycles. The first-order valence-electron chi connectivity index (χ1n) is 11.1. The van der Waals surface area contributed by atoms with Crippen molar-refractivity contribution in [2.24, 2.45) is 0 Å². The van der Waals surface area contributed by atoms with Gasteiger partial charge in [0.25, 0.3) is 0 Å². The van der Waals surface area contributed by atoms with Crippen LogP contribution in [0, 0.1) is 23.3 Å². The minimum atomic E-state index is -1.55. The Balaban J connectivity index is 1.94. The van der Waals surface area contributed by atoms with E-state index in [-0.39, 0.29) is 34.3 Å². The highest BCUT2D eigenvalue weighted by atomic mass is 19.2. The summed E-state index contributed by atoms with van der Waals surface area (Å²) in [6, 6.07) is 8.69. The van der Waals surface area contributed by atoms with Crippen LogP contribution in [0.5, 0.6) is 5.75 Å².